The van der Waals surface area contributed by atoms with Crippen LogP contribution in [0.3, 0.4) is 0 Å². The third kappa shape index (κ3) is 3.74. The first-order valence-corrected chi connectivity index (χ1v) is 14.4. The summed E-state index contributed by atoms with van der Waals surface area (Å²) in [5, 5.41) is 5.33. The van der Waals surface area contributed by atoms with Crippen molar-refractivity contribution in [2.45, 2.75) is 0 Å². The molecular formula is C39H24N2O2. The van der Waals surface area contributed by atoms with Gasteiger partial charge in [-0.2, -0.15) is 0 Å². The van der Waals surface area contributed by atoms with Crippen LogP contribution in [0, 0.1) is 0 Å². The third-order valence-electron chi connectivity index (χ3n) is 8.31. The fourth-order valence-corrected chi connectivity index (χ4v) is 6.30. The van der Waals surface area contributed by atoms with E-state index in [9.17, 15) is 0 Å². The fraction of sp³-hybridized carbons (Fsp3) is 0. The molecule has 9 rings (SSSR count). The highest BCUT2D eigenvalue weighted by atomic mass is 16.3. The molecule has 6 aromatic carbocycles. The summed E-state index contributed by atoms with van der Waals surface area (Å²) in [5.41, 5.74) is 9.73. The topological polar surface area (TPSA) is 42.4 Å². The van der Waals surface area contributed by atoms with Gasteiger partial charge in [-0.05, 0) is 71.8 Å². The van der Waals surface area contributed by atoms with Crippen LogP contribution in [0.15, 0.2) is 155 Å². The second-order valence-corrected chi connectivity index (χ2v) is 10.8. The maximum absolute atomic E-state index is 6.52. The van der Waals surface area contributed by atoms with E-state index < -0.39 is 0 Å². The Bertz CT molecular complexity index is 2450. The Labute approximate surface area is 247 Å². The Balaban J connectivity index is 1.31. The van der Waals surface area contributed by atoms with Crippen molar-refractivity contribution in [2.24, 2.45) is 0 Å². The first-order chi connectivity index (χ1) is 21.3. The molecule has 4 nitrogen and oxygen atoms in total. The lowest BCUT2D eigenvalue weighted by molar-refractivity contribution is 0.669. The first-order valence-electron chi connectivity index (χ1n) is 14.4. The Kier molecular flexibility index (Phi) is 5.16. The minimum atomic E-state index is 0.802. The largest absolute Gasteiger partial charge is 0.456 e. The molecule has 0 atom stereocenters. The second kappa shape index (κ2) is 9.33. The number of aromatic nitrogens is 1. The highest BCUT2D eigenvalue weighted by Gasteiger charge is 2.21. The molecular weight excluding hydrogens is 528 g/mol. The lowest BCUT2D eigenvalue weighted by Crippen LogP contribution is -2.10. The van der Waals surface area contributed by atoms with E-state index in [4.69, 9.17) is 8.83 Å². The van der Waals surface area contributed by atoms with Gasteiger partial charge in [0.25, 0.3) is 0 Å². The van der Waals surface area contributed by atoms with Gasteiger partial charge in [-0.3, -0.25) is 4.98 Å². The van der Waals surface area contributed by atoms with E-state index in [1.54, 1.807) is 0 Å². The van der Waals surface area contributed by atoms with Gasteiger partial charge in [-0.1, -0.05) is 78.9 Å². The summed E-state index contributed by atoms with van der Waals surface area (Å²) in [4.78, 5) is 6.99. The predicted octanol–water partition coefficient (Wildman–Crippen LogP) is 11.2. The van der Waals surface area contributed by atoms with Crippen LogP contribution in [0.25, 0.3) is 65.9 Å². The molecule has 4 heteroatoms. The van der Waals surface area contributed by atoms with E-state index in [0.717, 1.165) is 71.8 Å². The van der Waals surface area contributed by atoms with Crippen LogP contribution < -0.4 is 4.90 Å². The van der Waals surface area contributed by atoms with E-state index in [1.165, 1.54) is 11.1 Å². The zero-order chi connectivity index (χ0) is 28.3. The van der Waals surface area contributed by atoms with Crippen molar-refractivity contribution in [2.75, 3.05) is 4.90 Å². The van der Waals surface area contributed by atoms with Crippen molar-refractivity contribution < 1.29 is 8.83 Å². The van der Waals surface area contributed by atoms with Crippen molar-refractivity contribution in [3.05, 3.63) is 146 Å². The molecule has 0 N–H and O–H groups in total. The SMILES string of the molecule is c1ccc(-c2ccc(N(c3ccc4oc5ccccc5c4c3)c3cccc4oc5c(ccc6cccnc65)c34)cc2)cc1. The van der Waals surface area contributed by atoms with Crippen LogP contribution in [0.2, 0.25) is 0 Å². The normalized spacial score (nSPS) is 11.7. The van der Waals surface area contributed by atoms with Crippen molar-refractivity contribution in [3.63, 3.8) is 0 Å². The molecule has 0 radical (unpaired) electrons. The van der Waals surface area contributed by atoms with E-state index >= 15 is 0 Å². The van der Waals surface area contributed by atoms with Crippen molar-refractivity contribution in [3.8, 4) is 11.1 Å². The van der Waals surface area contributed by atoms with Crippen LogP contribution >= 0.6 is 0 Å². The molecule has 0 aliphatic heterocycles. The van der Waals surface area contributed by atoms with Gasteiger partial charge >= 0.3 is 0 Å². The Morgan fingerprint density at radius 1 is 0.488 bits per heavy atom. The van der Waals surface area contributed by atoms with Crippen molar-refractivity contribution in [1.29, 1.82) is 0 Å². The molecule has 0 aliphatic rings. The van der Waals surface area contributed by atoms with Gasteiger partial charge in [0.2, 0.25) is 0 Å². The highest BCUT2D eigenvalue weighted by molar-refractivity contribution is 6.19. The number of hydrogen-bond donors (Lipinski definition) is 0. The van der Waals surface area contributed by atoms with Crippen molar-refractivity contribution in [1.82, 2.24) is 4.98 Å². The minimum Gasteiger partial charge on any atom is -0.456 e. The second-order valence-electron chi connectivity index (χ2n) is 10.8. The van der Waals surface area contributed by atoms with Gasteiger partial charge in [-0.15, -0.1) is 0 Å². The molecule has 0 spiro atoms. The lowest BCUT2D eigenvalue weighted by atomic mass is 10.0. The van der Waals surface area contributed by atoms with Crippen LogP contribution in [-0.2, 0) is 0 Å². The Morgan fingerprint density at radius 2 is 1.26 bits per heavy atom. The molecule has 0 amide bonds. The van der Waals surface area contributed by atoms with Gasteiger partial charge in [0.15, 0.2) is 5.58 Å². The quantitative estimate of drug-likeness (QED) is 0.218. The number of rotatable bonds is 4. The smallest absolute Gasteiger partial charge is 0.161 e. The number of hydrogen-bond acceptors (Lipinski definition) is 4. The molecule has 0 aliphatic carbocycles. The van der Waals surface area contributed by atoms with Crippen LogP contribution in [0.1, 0.15) is 0 Å². The number of fused-ring (bicyclic) bond motifs is 8. The van der Waals surface area contributed by atoms with Gasteiger partial charge in [0.05, 0.1) is 11.1 Å². The first kappa shape index (κ1) is 23.8. The van der Waals surface area contributed by atoms with E-state index in [-0.39, 0.29) is 0 Å². The summed E-state index contributed by atoms with van der Waals surface area (Å²) in [6.07, 6.45) is 1.82. The number of nitrogens with zero attached hydrogens (tertiary/aromatic N) is 2. The van der Waals surface area contributed by atoms with E-state index in [0.29, 0.717) is 0 Å². The highest BCUT2D eigenvalue weighted by Crippen LogP contribution is 2.45. The monoisotopic (exact) mass is 552 g/mol. The van der Waals surface area contributed by atoms with Gasteiger partial charge in [0, 0.05) is 39.1 Å². The summed E-state index contributed by atoms with van der Waals surface area (Å²) in [6.45, 7) is 0. The molecule has 202 valence electrons. The molecule has 0 saturated carbocycles. The fourth-order valence-electron chi connectivity index (χ4n) is 6.30. The maximum atomic E-state index is 6.52. The van der Waals surface area contributed by atoms with Crippen LogP contribution in [0.4, 0.5) is 17.1 Å². The van der Waals surface area contributed by atoms with Gasteiger partial charge in [0.1, 0.15) is 22.3 Å². The van der Waals surface area contributed by atoms with Gasteiger partial charge < -0.3 is 13.7 Å². The van der Waals surface area contributed by atoms with Crippen LogP contribution in [0.5, 0.6) is 0 Å². The number of furan rings is 2. The minimum absolute atomic E-state index is 0.802. The summed E-state index contributed by atoms with van der Waals surface area (Å²) in [6, 6.07) is 48.4. The molecule has 0 saturated heterocycles. The molecule has 3 aromatic heterocycles. The summed E-state index contributed by atoms with van der Waals surface area (Å²) in [7, 11) is 0. The van der Waals surface area contributed by atoms with Crippen LogP contribution in [-0.4, -0.2) is 4.98 Å². The summed E-state index contributed by atoms with van der Waals surface area (Å²) in [5.74, 6) is 0. The standard InChI is InChI=1S/C39H24N2O2/c1-2-8-25(9-3-1)26-15-18-28(19-16-26)41(29-20-22-35-32(24-29)30-11-4-5-13-34(30)42-35)33-12-6-14-36-37(33)31-21-17-27-10-7-23-40-38(27)39(31)43-36/h1-24H. The zero-order valence-electron chi connectivity index (χ0n) is 23.1. The number of benzene rings is 6. The average molecular weight is 553 g/mol. The zero-order valence-corrected chi connectivity index (χ0v) is 23.1. The third-order valence-corrected chi connectivity index (χ3v) is 8.31. The molecule has 43 heavy (non-hydrogen) atoms. The maximum Gasteiger partial charge on any atom is 0.161 e. The Morgan fingerprint density at radius 3 is 2.16 bits per heavy atom. The average Bonchev–Trinajstić information content (AvgIpc) is 3.65. The number of anilines is 3. The Hall–Kier alpha value is -5.87. The molecule has 3 heterocycles. The summed E-state index contributed by atoms with van der Waals surface area (Å²) >= 11 is 0. The number of para-hydroxylation sites is 1. The molecule has 0 bridgehead atoms. The van der Waals surface area contributed by atoms with E-state index in [1.807, 2.05) is 36.5 Å². The summed E-state index contributed by atoms with van der Waals surface area (Å²) < 4.78 is 12.7. The van der Waals surface area contributed by atoms with E-state index in [2.05, 4.69) is 119 Å². The lowest BCUT2D eigenvalue weighted by Gasteiger charge is -2.26. The number of pyridine rings is 1. The molecule has 0 fully saturated rings. The van der Waals surface area contributed by atoms with Crippen molar-refractivity contribution >= 4 is 71.8 Å². The van der Waals surface area contributed by atoms with Gasteiger partial charge in [-0.25, -0.2) is 0 Å². The molecule has 0 unspecified atom stereocenters. The predicted molar refractivity (Wildman–Crippen MR) is 176 cm³/mol. The molecule has 9 aromatic rings.